The maximum absolute atomic E-state index is 12.9. The van der Waals surface area contributed by atoms with Crippen LogP contribution in [0.3, 0.4) is 0 Å². The number of aryl methyl sites for hydroxylation is 1. The van der Waals surface area contributed by atoms with Gasteiger partial charge in [-0.2, -0.15) is 0 Å². The molecule has 1 aromatic rings. The molecule has 4 rings (SSSR count). The zero-order valence-electron chi connectivity index (χ0n) is 21.4. The lowest BCUT2D eigenvalue weighted by Gasteiger charge is -2.33. The van der Waals surface area contributed by atoms with Crippen molar-refractivity contribution < 1.29 is 14.6 Å². The van der Waals surface area contributed by atoms with Crippen molar-refractivity contribution in [3.8, 4) is 0 Å². The van der Waals surface area contributed by atoms with Crippen LogP contribution in [-0.2, 0) is 22.5 Å². The van der Waals surface area contributed by atoms with Gasteiger partial charge in [0.15, 0.2) is 0 Å². The van der Waals surface area contributed by atoms with Crippen LogP contribution in [0.15, 0.2) is 47.0 Å². The Morgan fingerprint density at radius 2 is 2.06 bits per heavy atom. The van der Waals surface area contributed by atoms with Gasteiger partial charge in [0.05, 0.1) is 12.5 Å². The molecule has 1 aromatic carbocycles. The Labute approximate surface area is 209 Å². The molecule has 2 atom stereocenters. The number of benzene rings is 1. The fourth-order valence-electron chi connectivity index (χ4n) is 5.19. The van der Waals surface area contributed by atoms with Gasteiger partial charge >= 0.3 is 0 Å². The topological polar surface area (TPSA) is 68.6 Å². The molecule has 0 aliphatic carbocycles. The van der Waals surface area contributed by atoms with Crippen LogP contribution in [-0.4, -0.2) is 97.2 Å². The minimum absolute atomic E-state index is 0.00389. The van der Waals surface area contributed by atoms with Crippen LogP contribution >= 0.6 is 0 Å². The molecule has 1 saturated heterocycles. The number of hydrogen-bond acceptors (Lipinski definition) is 6. The zero-order chi connectivity index (χ0) is 24.8. The molecule has 190 valence electrons. The number of aliphatic hydroxyl groups excluding tert-OH is 1. The molecule has 3 aliphatic rings. The standard InChI is InChI=1S/C28H40N4O3/c1-21-4-6-23-9-13-32(18-24(23)16-21)20-26(33)19-30(2)28(34)17-22-5-7-27(29-12-8-22)31(3)25-10-14-35-15-11-25/h4-8,12,16,25-27,33H,9-11,13-15,17-20H2,1-3H3/t26-,27?/m0/s1. The highest BCUT2D eigenvalue weighted by Gasteiger charge is 2.24. The summed E-state index contributed by atoms with van der Waals surface area (Å²) in [6, 6.07) is 7.09. The van der Waals surface area contributed by atoms with Crippen molar-refractivity contribution in [1.82, 2.24) is 14.7 Å². The minimum Gasteiger partial charge on any atom is -0.390 e. The van der Waals surface area contributed by atoms with Crippen molar-refractivity contribution in [2.45, 2.75) is 57.5 Å². The summed E-state index contributed by atoms with van der Waals surface area (Å²) < 4.78 is 5.48. The van der Waals surface area contributed by atoms with E-state index >= 15 is 0 Å². The summed E-state index contributed by atoms with van der Waals surface area (Å²) in [6.45, 7) is 6.41. The van der Waals surface area contributed by atoms with Gasteiger partial charge in [0.1, 0.15) is 6.17 Å². The Morgan fingerprint density at radius 3 is 2.86 bits per heavy atom. The predicted octanol–water partition coefficient (Wildman–Crippen LogP) is 2.57. The lowest BCUT2D eigenvalue weighted by atomic mass is 9.97. The van der Waals surface area contributed by atoms with Crippen molar-refractivity contribution in [3.05, 3.63) is 58.7 Å². The Hall–Kier alpha value is -2.32. The number of β-amino-alcohol motifs (C(OH)–C–C–N with tert-alkyl or cyclic N) is 1. The van der Waals surface area contributed by atoms with Crippen molar-refractivity contribution in [3.63, 3.8) is 0 Å². The minimum atomic E-state index is -0.576. The van der Waals surface area contributed by atoms with E-state index in [-0.39, 0.29) is 12.1 Å². The molecule has 3 heterocycles. The van der Waals surface area contributed by atoms with E-state index in [0.717, 1.165) is 51.1 Å². The number of fused-ring (bicyclic) bond motifs is 1. The lowest BCUT2D eigenvalue weighted by molar-refractivity contribution is -0.130. The Morgan fingerprint density at radius 1 is 1.26 bits per heavy atom. The van der Waals surface area contributed by atoms with Crippen LogP contribution in [0.4, 0.5) is 0 Å². The fraction of sp³-hybridized carbons (Fsp3) is 0.571. The first kappa shape index (κ1) is 25.8. The van der Waals surface area contributed by atoms with Crippen LogP contribution in [0, 0.1) is 6.92 Å². The third-order valence-electron chi connectivity index (χ3n) is 7.38. The molecule has 0 saturated carbocycles. The molecule has 0 radical (unpaired) electrons. The molecule has 0 bridgehead atoms. The lowest BCUT2D eigenvalue weighted by Crippen LogP contribution is -2.42. The molecule has 1 fully saturated rings. The van der Waals surface area contributed by atoms with Crippen molar-refractivity contribution in [1.29, 1.82) is 0 Å². The normalized spacial score (nSPS) is 22.0. The summed E-state index contributed by atoms with van der Waals surface area (Å²) in [7, 11) is 3.88. The molecule has 3 aliphatic heterocycles. The molecule has 0 aromatic heterocycles. The second kappa shape index (κ2) is 12.1. The Balaban J connectivity index is 1.23. The largest absolute Gasteiger partial charge is 0.390 e. The molecule has 7 nitrogen and oxygen atoms in total. The van der Waals surface area contributed by atoms with Gasteiger partial charge in [0.25, 0.3) is 0 Å². The van der Waals surface area contributed by atoms with E-state index in [4.69, 9.17) is 4.74 Å². The molecule has 0 spiro atoms. The molecule has 35 heavy (non-hydrogen) atoms. The van der Waals surface area contributed by atoms with Gasteiger partial charge in [0.2, 0.25) is 5.91 Å². The fourth-order valence-corrected chi connectivity index (χ4v) is 5.19. The molecule has 1 N–H and O–H groups in total. The third-order valence-corrected chi connectivity index (χ3v) is 7.38. The van der Waals surface area contributed by atoms with E-state index in [1.807, 2.05) is 18.4 Å². The summed E-state index contributed by atoms with van der Waals surface area (Å²) >= 11 is 0. The number of carbonyl (C=O) groups is 1. The highest BCUT2D eigenvalue weighted by molar-refractivity contribution is 5.82. The van der Waals surface area contributed by atoms with Crippen molar-refractivity contribution in [2.75, 3.05) is 46.9 Å². The summed E-state index contributed by atoms with van der Waals surface area (Å²) in [5, 5.41) is 10.7. The monoisotopic (exact) mass is 480 g/mol. The first-order valence-corrected chi connectivity index (χ1v) is 12.8. The number of amides is 1. The van der Waals surface area contributed by atoms with Crippen LogP contribution in [0.1, 0.15) is 36.0 Å². The SMILES string of the molecule is Cc1ccc2c(c1)CN(C[C@@H](O)CN(C)C(=O)CC1=CC=NC(N(C)C3CCOCC3)C=C1)CC2. The van der Waals surface area contributed by atoms with Gasteiger partial charge in [-0.3, -0.25) is 19.6 Å². The second-order valence-corrected chi connectivity index (χ2v) is 10.2. The highest BCUT2D eigenvalue weighted by Crippen LogP contribution is 2.21. The maximum atomic E-state index is 12.9. The zero-order valence-corrected chi connectivity index (χ0v) is 21.4. The molecular weight excluding hydrogens is 440 g/mol. The van der Waals surface area contributed by atoms with Crippen molar-refractivity contribution >= 4 is 12.1 Å². The van der Waals surface area contributed by atoms with Gasteiger partial charge in [-0.05, 0) is 62.1 Å². The molecular formula is C28H40N4O3. The van der Waals surface area contributed by atoms with E-state index in [0.29, 0.717) is 25.6 Å². The highest BCUT2D eigenvalue weighted by atomic mass is 16.5. The van der Waals surface area contributed by atoms with E-state index in [1.54, 1.807) is 11.9 Å². The van der Waals surface area contributed by atoms with E-state index in [9.17, 15) is 9.90 Å². The summed E-state index contributed by atoms with van der Waals surface area (Å²) in [5.41, 5.74) is 4.96. The summed E-state index contributed by atoms with van der Waals surface area (Å²) in [5.74, 6) is 0.00389. The Bertz CT molecular complexity index is 967. The van der Waals surface area contributed by atoms with E-state index in [2.05, 4.69) is 53.0 Å². The number of likely N-dealkylation sites (N-methyl/N-ethyl adjacent to an activating group) is 2. The number of allylic oxidation sites excluding steroid dienone is 2. The number of carbonyl (C=O) groups excluding carboxylic acids is 1. The number of nitrogens with zero attached hydrogens (tertiary/aromatic N) is 4. The predicted molar refractivity (Wildman–Crippen MR) is 140 cm³/mol. The van der Waals surface area contributed by atoms with Crippen LogP contribution in [0.2, 0.25) is 0 Å². The van der Waals surface area contributed by atoms with Crippen LogP contribution in [0.25, 0.3) is 0 Å². The smallest absolute Gasteiger partial charge is 0.226 e. The van der Waals surface area contributed by atoms with Crippen LogP contribution in [0.5, 0.6) is 0 Å². The van der Waals surface area contributed by atoms with Gasteiger partial charge in [0, 0.05) is 58.7 Å². The summed E-state index contributed by atoms with van der Waals surface area (Å²) in [4.78, 5) is 23.8. The van der Waals surface area contributed by atoms with E-state index < -0.39 is 6.10 Å². The quantitative estimate of drug-likeness (QED) is 0.620. The van der Waals surface area contributed by atoms with Gasteiger partial charge in [-0.15, -0.1) is 0 Å². The third kappa shape index (κ3) is 7.10. The van der Waals surface area contributed by atoms with Gasteiger partial charge in [-0.25, -0.2) is 0 Å². The average Bonchev–Trinajstić information content (AvgIpc) is 3.09. The number of ether oxygens (including phenoxy) is 1. The molecule has 1 amide bonds. The van der Waals surface area contributed by atoms with Crippen molar-refractivity contribution in [2.24, 2.45) is 4.99 Å². The number of hydrogen-bond donors (Lipinski definition) is 1. The Kier molecular flexibility index (Phi) is 8.89. The number of aliphatic hydroxyl groups is 1. The number of aliphatic imine (C=N–C) groups is 1. The second-order valence-electron chi connectivity index (χ2n) is 10.2. The van der Waals surface area contributed by atoms with Gasteiger partial charge < -0.3 is 14.7 Å². The first-order valence-electron chi connectivity index (χ1n) is 12.8. The maximum Gasteiger partial charge on any atom is 0.226 e. The summed E-state index contributed by atoms with van der Waals surface area (Å²) in [6.07, 6.45) is 10.6. The first-order chi connectivity index (χ1) is 16.9. The average molecular weight is 481 g/mol. The molecule has 7 heteroatoms. The van der Waals surface area contributed by atoms with Crippen LogP contribution < -0.4 is 0 Å². The number of rotatable bonds is 8. The van der Waals surface area contributed by atoms with Gasteiger partial charge in [-0.1, -0.05) is 29.8 Å². The van der Waals surface area contributed by atoms with E-state index in [1.165, 1.54) is 16.7 Å². The molecule has 1 unspecified atom stereocenters.